The van der Waals surface area contributed by atoms with E-state index >= 15 is 0 Å². The Morgan fingerprint density at radius 3 is 2.52 bits per heavy atom. The van der Waals surface area contributed by atoms with E-state index in [4.69, 9.17) is 0 Å². The molecule has 0 unspecified atom stereocenters. The van der Waals surface area contributed by atoms with E-state index in [1.165, 1.54) is 5.01 Å². The molecule has 4 rings (SSSR count). The Morgan fingerprint density at radius 2 is 1.74 bits per heavy atom. The predicted octanol–water partition coefficient (Wildman–Crippen LogP) is 2.33. The number of rotatable bonds is 4. The van der Waals surface area contributed by atoms with Crippen molar-refractivity contribution < 1.29 is 14.4 Å². The van der Waals surface area contributed by atoms with Gasteiger partial charge in [0.05, 0.1) is 11.4 Å². The summed E-state index contributed by atoms with van der Waals surface area (Å²) in [4.78, 5) is 37.1. The van der Waals surface area contributed by atoms with Crippen LogP contribution in [0.4, 0.5) is 5.69 Å². The Labute approximate surface area is 178 Å². The van der Waals surface area contributed by atoms with Gasteiger partial charge in [0, 0.05) is 18.4 Å². The minimum atomic E-state index is -0.582. The second kappa shape index (κ2) is 8.62. The Kier molecular flexibility index (Phi) is 5.57. The first-order chi connectivity index (χ1) is 15.0. The number of carbonyl (C=O) groups is 3. The average Bonchev–Trinajstić information content (AvgIpc) is 3.29. The number of nitrogens with zero attached hydrogens (tertiary/aromatic N) is 3. The van der Waals surface area contributed by atoms with E-state index in [-0.39, 0.29) is 30.2 Å². The maximum absolute atomic E-state index is 12.5. The number of aromatic amines is 1. The quantitative estimate of drug-likeness (QED) is 0.566. The lowest BCUT2D eigenvalue weighted by Crippen LogP contribution is -2.47. The van der Waals surface area contributed by atoms with Crippen molar-refractivity contribution in [2.75, 3.05) is 5.01 Å². The monoisotopic (exact) mass is 416 g/mol. The Hall–Kier alpha value is -4.27. The first kappa shape index (κ1) is 20.0. The summed E-state index contributed by atoms with van der Waals surface area (Å²) in [5, 5.41) is 12.2. The van der Waals surface area contributed by atoms with Crippen LogP contribution in [0.2, 0.25) is 0 Å². The molecule has 0 aliphatic carbocycles. The van der Waals surface area contributed by atoms with Crippen LogP contribution in [0.15, 0.2) is 65.8 Å². The van der Waals surface area contributed by atoms with Crippen molar-refractivity contribution in [2.24, 2.45) is 5.10 Å². The van der Waals surface area contributed by atoms with Crippen molar-refractivity contribution in [1.29, 1.82) is 0 Å². The van der Waals surface area contributed by atoms with E-state index in [9.17, 15) is 14.4 Å². The number of hydrogen-bond acceptors (Lipinski definition) is 5. The number of hydrazone groups is 1. The second-order valence-electron chi connectivity index (χ2n) is 7.03. The molecule has 0 radical (unpaired) electrons. The molecule has 1 aliphatic rings. The third-order valence-corrected chi connectivity index (χ3v) is 4.72. The van der Waals surface area contributed by atoms with E-state index in [1.54, 1.807) is 12.1 Å². The minimum absolute atomic E-state index is 0.148. The number of nitrogens with one attached hydrogen (secondary N) is 3. The van der Waals surface area contributed by atoms with Crippen LogP contribution in [0.1, 0.15) is 28.9 Å². The molecular formula is C22H20N6O3. The number of hydrazine groups is 1. The molecule has 0 atom stereocenters. The van der Waals surface area contributed by atoms with Crippen LogP contribution >= 0.6 is 0 Å². The summed E-state index contributed by atoms with van der Waals surface area (Å²) < 4.78 is 0. The van der Waals surface area contributed by atoms with Crippen LogP contribution in [0.3, 0.4) is 0 Å². The highest BCUT2D eigenvalue weighted by atomic mass is 16.2. The molecule has 1 aliphatic heterocycles. The van der Waals surface area contributed by atoms with Crippen LogP contribution in [-0.2, 0) is 9.59 Å². The van der Waals surface area contributed by atoms with Crippen molar-refractivity contribution >= 4 is 29.1 Å². The lowest BCUT2D eigenvalue weighted by Gasteiger charge is -2.23. The summed E-state index contributed by atoms with van der Waals surface area (Å²) in [6, 6.07) is 18.3. The Morgan fingerprint density at radius 1 is 0.968 bits per heavy atom. The molecular weight excluding hydrogens is 396 g/mol. The van der Waals surface area contributed by atoms with Gasteiger partial charge < -0.3 is 0 Å². The van der Waals surface area contributed by atoms with Crippen LogP contribution in [0.5, 0.6) is 0 Å². The molecule has 0 spiro atoms. The topological polar surface area (TPSA) is 120 Å². The second-order valence-corrected chi connectivity index (χ2v) is 7.03. The number of amides is 3. The fourth-order valence-corrected chi connectivity index (χ4v) is 3.13. The number of carbonyl (C=O) groups excluding carboxylic acids is 3. The molecule has 0 bridgehead atoms. The zero-order chi connectivity index (χ0) is 21.8. The first-order valence-corrected chi connectivity index (χ1v) is 9.70. The Balaban J connectivity index is 1.41. The van der Waals surface area contributed by atoms with E-state index in [1.807, 2.05) is 55.5 Å². The Bertz CT molecular complexity index is 1170. The molecule has 9 heteroatoms. The molecule has 3 aromatic rings. The van der Waals surface area contributed by atoms with Crippen molar-refractivity contribution in [1.82, 2.24) is 21.0 Å². The van der Waals surface area contributed by atoms with Crippen molar-refractivity contribution in [2.45, 2.75) is 19.8 Å². The lowest BCUT2D eigenvalue weighted by molar-refractivity contribution is -0.119. The van der Waals surface area contributed by atoms with Gasteiger partial charge in [0.2, 0.25) is 5.91 Å². The third kappa shape index (κ3) is 4.50. The SMILES string of the molecule is Cc1cccc(N2N=C(C(=O)NNC(=O)c3cc(-c4ccccc4)n[nH]3)CCC2=O)c1. The summed E-state index contributed by atoms with van der Waals surface area (Å²) >= 11 is 0. The van der Waals surface area contributed by atoms with Crippen molar-refractivity contribution in [3.63, 3.8) is 0 Å². The summed E-state index contributed by atoms with van der Waals surface area (Å²) in [6.45, 7) is 1.91. The number of hydrogen-bond donors (Lipinski definition) is 3. The lowest BCUT2D eigenvalue weighted by atomic mass is 10.1. The van der Waals surface area contributed by atoms with Crippen molar-refractivity contribution in [3.05, 3.63) is 71.9 Å². The van der Waals surface area contributed by atoms with Crippen LogP contribution in [-0.4, -0.2) is 33.6 Å². The molecule has 9 nitrogen and oxygen atoms in total. The van der Waals surface area contributed by atoms with Gasteiger partial charge in [0.1, 0.15) is 11.4 Å². The molecule has 0 fully saturated rings. The van der Waals surface area contributed by atoms with E-state index in [2.05, 4.69) is 26.2 Å². The van der Waals surface area contributed by atoms with Gasteiger partial charge in [-0.15, -0.1) is 0 Å². The van der Waals surface area contributed by atoms with Gasteiger partial charge in [-0.3, -0.25) is 30.3 Å². The smallest absolute Gasteiger partial charge is 0.273 e. The van der Waals surface area contributed by atoms with Crippen LogP contribution in [0, 0.1) is 6.92 Å². The number of aromatic nitrogens is 2. The molecule has 1 aromatic heterocycles. The number of H-pyrrole nitrogens is 1. The van der Waals surface area contributed by atoms with Gasteiger partial charge in [-0.25, -0.2) is 5.01 Å². The third-order valence-electron chi connectivity index (χ3n) is 4.72. The largest absolute Gasteiger partial charge is 0.287 e. The molecule has 2 heterocycles. The van der Waals surface area contributed by atoms with Crippen LogP contribution in [0.25, 0.3) is 11.3 Å². The fraction of sp³-hybridized carbons (Fsp3) is 0.136. The zero-order valence-corrected chi connectivity index (χ0v) is 16.8. The van der Waals surface area contributed by atoms with E-state index in [0.29, 0.717) is 11.4 Å². The molecule has 2 aromatic carbocycles. The van der Waals surface area contributed by atoms with Gasteiger partial charge in [0.15, 0.2) is 0 Å². The normalized spacial score (nSPS) is 13.5. The molecule has 156 valence electrons. The van der Waals surface area contributed by atoms with Gasteiger partial charge in [-0.2, -0.15) is 10.2 Å². The highest BCUT2D eigenvalue weighted by Gasteiger charge is 2.26. The average molecular weight is 416 g/mol. The van der Waals surface area contributed by atoms with E-state index < -0.39 is 11.8 Å². The molecule has 0 saturated heterocycles. The van der Waals surface area contributed by atoms with Gasteiger partial charge in [-0.1, -0.05) is 42.5 Å². The molecule has 31 heavy (non-hydrogen) atoms. The molecule has 3 N–H and O–H groups in total. The molecule has 0 saturated carbocycles. The standard InChI is InChI=1S/C22H20N6O3/c1-14-6-5-9-16(12-14)28-20(29)11-10-17(27-28)21(30)25-26-22(31)19-13-18(23-24-19)15-7-3-2-4-8-15/h2-9,12-13H,10-11H2,1H3,(H,23,24)(H,25,30)(H,26,31). The summed E-state index contributed by atoms with van der Waals surface area (Å²) in [6.07, 6.45) is 0.334. The first-order valence-electron chi connectivity index (χ1n) is 9.70. The van der Waals surface area contributed by atoms with Gasteiger partial charge >= 0.3 is 0 Å². The highest BCUT2D eigenvalue weighted by molar-refractivity contribution is 6.40. The zero-order valence-electron chi connectivity index (χ0n) is 16.8. The number of anilines is 1. The van der Waals surface area contributed by atoms with Gasteiger partial charge in [0.25, 0.3) is 11.8 Å². The van der Waals surface area contributed by atoms with Crippen LogP contribution < -0.4 is 15.9 Å². The fourth-order valence-electron chi connectivity index (χ4n) is 3.13. The molecule has 3 amide bonds. The summed E-state index contributed by atoms with van der Waals surface area (Å²) in [5.74, 6) is -1.33. The maximum Gasteiger partial charge on any atom is 0.287 e. The summed E-state index contributed by atoms with van der Waals surface area (Å²) in [7, 11) is 0. The summed E-state index contributed by atoms with van der Waals surface area (Å²) in [5.41, 5.74) is 8.06. The minimum Gasteiger partial charge on any atom is -0.273 e. The number of aryl methyl sites for hydroxylation is 1. The maximum atomic E-state index is 12.5. The predicted molar refractivity (Wildman–Crippen MR) is 115 cm³/mol. The van der Waals surface area contributed by atoms with Crippen molar-refractivity contribution in [3.8, 4) is 11.3 Å². The van der Waals surface area contributed by atoms with E-state index in [0.717, 1.165) is 11.1 Å². The highest BCUT2D eigenvalue weighted by Crippen LogP contribution is 2.21. The van der Waals surface area contributed by atoms with Gasteiger partial charge in [-0.05, 0) is 30.7 Å². The number of benzene rings is 2.